The molecule has 0 saturated carbocycles. The van der Waals surface area contributed by atoms with Crippen LogP contribution < -0.4 is 10.6 Å². The summed E-state index contributed by atoms with van der Waals surface area (Å²) in [5.74, 6) is 1.24. The van der Waals surface area contributed by atoms with Crippen molar-refractivity contribution in [2.75, 3.05) is 11.2 Å². The molecular weight excluding hydrogens is 456 g/mol. The van der Waals surface area contributed by atoms with Gasteiger partial charge in [-0.1, -0.05) is 54.5 Å². The molecule has 0 radical (unpaired) electrons. The molecule has 1 aliphatic carbocycles. The summed E-state index contributed by atoms with van der Waals surface area (Å²) < 4.78 is 0. The highest BCUT2D eigenvalue weighted by atomic mass is 32.2. The summed E-state index contributed by atoms with van der Waals surface area (Å²) in [7, 11) is 0. The third-order valence-electron chi connectivity index (χ3n) is 6.46. The van der Waals surface area contributed by atoms with Gasteiger partial charge in [0.05, 0.1) is 16.8 Å². The van der Waals surface area contributed by atoms with Crippen LogP contribution in [0.15, 0.2) is 63.7 Å². The molecular formula is C29H38N2OS2. The number of aryl methyl sites for hydroxylation is 1. The molecule has 3 N–H and O–H groups in total. The van der Waals surface area contributed by atoms with Crippen molar-refractivity contribution in [3.63, 3.8) is 0 Å². The van der Waals surface area contributed by atoms with E-state index >= 15 is 0 Å². The third kappa shape index (κ3) is 5.46. The highest BCUT2D eigenvalue weighted by Gasteiger charge is 2.28. The van der Waals surface area contributed by atoms with Crippen LogP contribution in [0.2, 0.25) is 0 Å². The Morgan fingerprint density at radius 1 is 1.03 bits per heavy atom. The molecule has 3 nitrogen and oxygen atoms in total. The molecule has 182 valence electrons. The van der Waals surface area contributed by atoms with Crippen LogP contribution in [0, 0.1) is 0 Å². The lowest BCUT2D eigenvalue weighted by atomic mass is 9.79. The molecule has 0 spiro atoms. The fourth-order valence-corrected chi connectivity index (χ4v) is 6.50. The fourth-order valence-electron chi connectivity index (χ4n) is 4.38. The van der Waals surface area contributed by atoms with Gasteiger partial charge in [-0.25, -0.2) is 0 Å². The molecule has 2 aromatic rings. The van der Waals surface area contributed by atoms with Crippen molar-refractivity contribution < 1.29 is 5.11 Å². The van der Waals surface area contributed by atoms with Gasteiger partial charge in [0.2, 0.25) is 0 Å². The van der Waals surface area contributed by atoms with E-state index in [4.69, 9.17) is 0 Å². The molecule has 1 atom stereocenters. The van der Waals surface area contributed by atoms with Crippen molar-refractivity contribution in [3.05, 3.63) is 70.6 Å². The van der Waals surface area contributed by atoms with E-state index < -0.39 is 0 Å². The van der Waals surface area contributed by atoms with Crippen molar-refractivity contribution in [2.24, 2.45) is 0 Å². The summed E-state index contributed by atoms with van der Waals surface area (Å²) in [5, 5.41) is 18.7. The molecule has 1 aliphatic heterocycles. The van der Waals surface area contributed by atoms with E-state index in [0.717, 1.165) is 29.8 Å². The number of fused-ring (bicyclic) bond motifs is 2. The number of aromatic hydroxyl groups is 1. The van der Waals surface area contributed by atoms with Gasteiger partial charge in [-0.3, -0.25) is 0 Å². The van der Waals surface area contributed by atoms with Crippen LogP contribution in [0.1, 0.15) is 71.6 Å². The summed E-state index contributed by atoms with van der Waals surface area (Å²) in [6.07, 6.45) is 6.50. The minimum absolute atomic E-state index is 0.111. The first-order chi connectivity index (χ1) is 16.0. The second kappa shape index (κ2) is 9.58. The number of hydrogen-bond donors (Lipinski definition) is 3. The van der Waals surface area contributed by atoms with E-state index in [1.165, 1.54) is 32.4 Å². The van der Waals surface area contributed by atoms with Gasteiger partial charge in [0, 0.05) is 38.7 Å². The normalized spacial score (nSPS) is 17.8. The largest absolute Gasteiger partial charge is 0.507 e. The summed E-state index contributed by atoms with van der Waals surface area (Å²) >= 11 is 3.77. The van der Waals surface area contributed by atoms with E-state index in [1.54, 1.807) is 11.8 Å². The molecule has 0 aromatic heterocycles. The first-order valence-electron chi connectivity index (χ1n) is 12.2. The van der Waals surface area contributed by atoms with Gasteiger partial charge >= 0.3 is 0 Å². The Morgan fingerprint density at radius 2 is 1.71 bits per heavy atom. The molecule has 1 unspecified atom stereocenters. The third-order valence-corrected chi connectivity index (χ3v) is 8.61. The molecule has 2 aromatic carbocycles. The average molecular weight is 495 g/mol. The summed E-state index contributed by atoms with van der Waals surface area (Å²) in [5.41, 5.74) is 6.99. The van der Waals surface area contributed by atoms with Crippen molar-refractivity contribution in [1.29, 1.82) is 0 Å². The van der Waals surface area contributed by atoms with Crippen LogP contribution in [0.5, 0.6) is 5.75 Å². The van der Waals surface area contributed by atoms with Gasteiger partial charge in [-0.15, -0.1) is 23.5 Å². The van der Waals surface area contributed by atoms with Gasteiger partial charge in [0.1, 0.15) is 5.75 Å². The number of benzene rings is 2. The standard InChI is InChI=1S/C29H38N2OS2/c1-8-18-9-11-23-25(13-18)34-26-14-19(10-12-24(26)31-23)30-17-33-20-15-21(28(2,3)4)27(32)22(16-20)29(5,6)7/h9-13,15-16,26,30-32H,8,14,17H2,1-7H3. The van der Waals surface area contributed by atoms with Crippen molar-refractivity contribution in [1.82, 2.24) is 5.32 Å². The molecule has 0 amide bonds. The number of thioether (sulfide) groups is 2. The number of allylic oxidation sites excluding steroid dienone is 3. The van der Waals surface area contributed by atoms with Crippen LogP contribution in [0.25, 0.3) is 0 Å². The highest BCUT2D eigenvalue weighted by molar-refractivity contribution is 8.00. The Balaban J connectivity index is 1.45. The molecule has 5 heteroatoms. The van der Waals surface area contributed by atoms with Crippen LogP contribution >= 0.6 is 23.5 Å². The first kappa shape index (κ1) is 25.1. The maximum absolute atomic E-state index is 11.0. The number of anilines is 1. The Bertz CT molecular complexity index is 1100. The molecule has 2 aliphatic rings. The minimum Gasteiger partial charge on any atom is -0.507 e. The zero-order chi connectivity index (χ0) is 24.7. The predicted octanol–water partition coefficient (Wildman–Crippen LogP) is 7.95. The van der Waals surface area contributed by atoms with Gasteiger partial charge in [-0.05, 0) is 59.2 Å². The van der Waals surface area contributed by atoms with E-state index in [-0.39, 0.29) is 10.8 Å². The second-order valence-corrected chi connectivity index (χ2v) is 13.6. The average Bonchev–Trinajstić information content (AvgIpc) is 2.76. The number of hydrogen-bond acceptors (Lipinski definition) is 5. The van der Waals surface area contributed by atoms with Gasteiger partial charge in [0.25, 0.3) is 0 Å². The minimum atomic E-state index is -0.111. The highest BCUT2D eigenvalue weighted by Crippen LogP contribution is 2.44. The zero-order valence-electron chi connectivity index (χ0n) is 21.5. The van der Waals surface area contributed by atoms with Crippen molar-refractivity contribution >= 4 is 29.2 Å². The predicted molar refractivity (Wildman–Crippen MR) is 149 cm³/mol. The Hall–Kier alpha value is -1.98. The Kier molecular flexibility index (Phi) is 7.08. The molecule has 0 saturated heterocycles. The van der Waals surface area contributed by atoms with Crippen LogP contribution in [-0.2, 0) is 17.3 Å². The Labute approximate surface area is 213 Å². The van der Waals surface area contributed by atoms with Crippen LogP contribution in [0.3, 0.4) is 0 Å². The van der Waals surface area contributed by atoms with Gasteiger partial charge < -0.3 is 15.7 Å². The zero-order valence-corrected chi connectivity index (χ0v) is 23.1. The number of phenols is 1. The quantitative estimate of drug-likeness (QED) is 0.291. The first-order valence-corrected chi connectivity index (χ1v) is 14.0. The van der Waals surface area contributed by atoms with Gasteiger partial charge in [0.15, 0.2) is 0 Å². The number of nitrogens with one attached hydrogen (secondary N) is 2. The van der Waals surface area contributed by atoms with Crippen molar-refractivity contribution in [3.8, 4) is 5.75 Å². The molecule has 4 rings (SSSR count). The topological polar surface area (TPSA) is 44.3 Å². The second-order valence-electron chi connectivity index (χ2n) is 11.3. The maximum Gasteiger partial charge on any atom is 0.123 e. The molecule has 1 heterocycles. The SMILES string of the molecule is CCc1ccc2c(c1)SC1CC(NCSc3cc(C(C)(C)C)c(O)c(C(C)(C)C)c3)=CC=C1N2. The fraction of sp³-hybridized carbons (Fsp3) is 0.448. The monoisotopic (exact) mass is 494 g/mol. The van der Waals surface area contributed by atoms with Crippen LogP contribution in [0.4, 0.5) is 5.69 Å². The smallest absolute Gasteiger partial charge is 0.123 e. The molecule has 0 bridgehead atoms. The van der Waals surface area contributed by atoms with Crippen LogP contribution in [-0.4, -0.2) is 16.2 Å². The summed E-state index contributed by atoms with van der Waals surface area (Å²) in [6, 6.07) is 11.1. The van der Waals surface area contributed by atoms with Crippen molar-refractivity contribution in [2.45, 2.75) is 87.2 Å². The maximum atomic E-state index is 11.0. The number of phenolic OH excluding ortho intramolecular Hbond substituents is 1. The lowest BCUT2D eigenvalue weighted by molar-refractivity contribution is 0.422. The van der Waals surface area contributed by atoms with Gasteiger partial charge in [-0.2, -0.15) is 0 Å². The Morgan fingerprint density at radius 3 is 2.32 bits per heavy atom. The molecule has 34 heavy (non-hydrogen) atoms. The summed E-state index contributed by atoms with van der Waals surface area (Å²) in [6.45, 7) is 15.2. The lowest BCUT2D eigenvalue weighted by Crippen LogP contribution is -2.26. The van der Waals surface area contributed by atoms with E-state index in [1.807, 2.05) is 11.8 Å². The lowest BCUT2D eigenvalue weighted by Gasteiger charge is -2.32. The van der Waals surface area contributed by atoms with E-state index in [2.05, 4.69) is 102 Å². The number of rotatable bonds is 5. The summed E-state index contributed by atoms with van der Waals surface area (Å²) in [4.78, 5) is 2.55. The van der Waals surface area contributed by atoms with E-state index in [0.29, 0.717) is 11.0 Å². The molecule has 0 fully saturated rings. The van der Waals surface area contributed by atoms with E-state index in [9.17, 15) is 5.11 Å².